The number of hydrogen-bond acceptors (Lipinski definition) is 4. The van der Waals surface area contributed by atoms with Gasteiger partial charge in [0, 0.05) is 11.8 Å². The third-order valence-corrected chi connectivity index (χ3v) is 1.38. The maximum Gasteiger partial charge on any atom is 0.137 e. The first-order chi connectivity index (χ1) is 4.88. The molecule has 0 N–H and O–H groups in total. The minimum Gasteiger partial charge on any atom is -0.258 e. The lowest BCUT2D eigenvalue weighted by Gasteiger charge is -1.89. The predicted molar refractivity (Wildman–Crippen MR) is 33.5 cm³/mol. The molecular weight excluding hydrogens is 130 g/mol. The van der Waals surface area contributed by atoms with Gasteiger partial charge in [0.1, 0.15) is 5.69 Å². The van der Waals surface area contributed by atoms with E-state index in [-0.39, 0.29) is 0 Å². The molecule has 0 spiro atoms. The van der Waals surface area contributed by atoms with E-state index >= 15 is 0 Å². The molecule has 0 saturated carbocycles. The Balaban J connectivity index is 2.78. The molecule has 2 aliphatic rings. The minimum atomic E-state index is 0.787. The second-order valence-corrected chi connectivity index (χ2v) is 2.06. The maximum absolute atomic E-state index is 4.49. The van der Waals surface area contributed by atoms with Crippen LogP contribution in [-0.4, -0.2) is 15.3 Å². The van der Waals surface area contributed by atoms with Crippen LogP contribution in [0.15, 0.2) is 17.0 Å². The zero-order valence-electron chi connectivity index (χ0n) is 5.40. The van der Waals surface area contributed by atoms with Crippen molar-refractivity contribution >= 4 is 0 Å². The van der Waals surface area contributed by atoms with E-state index in [9.17, 15) is 0 Å². The molecule has 50 valence electrons. The molecular formula is C6H5N3O. The summed E-state index contributed by atoms with van der Waals surface area (Å²) in [5.41, 5.74) is 2.58. The fourth-order valence-electron chi connectivity index (χ4n) is 0.856. The number of aromatic nitrogens is 3. The van der Waals surface area contributed by atoms with Crippen LogP contribution in [-0.2, 0) is 0 Å². The lowest BCUT2D eigenvalue weighted by molar-refractivity contribution is 0.284. The highest BCUT2D eigenvalue weighted by Crippen LogP contribution is 2.19. The van der Waals surface area contributed by atoms with Gasteiger partial charge in [-0.05, 0) is 12.1 Å². The van der Waals surface area contributed by atoms with E-state index in [1.54, 1.807) is 12.4 Å². The van der Waals surface area contributed by atoms with Gasteiger partial charge in [-0.2, -0.15) is 0 Å². The first-order valence-electron chi connectivity index (χ1n) is 2.91. The number of aryl methyl sites for hydroxylation is 1. The quantitative estimate of drug-likeness (QED) is 0.538. The van der Waals surface area contributed by atoms with Crippen molar-refractivity contribution in [1.29, 1.82) is 0 Å². The van der Waals surface area contributed by atoms with Gasteiger partial charge >= 0.3 is 0 Å². The van der Waals surface area contributed by atoms with Gasteiger partial charge in [0.05, 0.1) is 11.9 Å². The maximum atomic E-state index is 4.49. The fraction of sp³-hybridized carbons (Fsp3) is 0.167. The number of hydrogen-bond donors (Lipinski definition) is 0. The van der Waals surface area contributed by atoms with Crippen LogP contribution in [0.5, 0.6) is 0 Å². The van der Waals surface area contributed by atoms with Crippen molar-refractivity contribution in [2.24, 2.45) is 0 Å². The lowest BCUT2D eigenvalue weighted by Crippen LogP contribution is -1.83. The summed E-state index contributed by atoms with van der Waals surface area (Å²) in [7, 11) is 0. The van der Waals surface area contributed by atoms with Crippen LogP contribution in [0, 0.1) is 6.92 Å². The van der Waals surface area contributed by atoms with Crippen molar-refractivity contribution in [1.82, 2.24) is 15.3 Å². The zero-order chi connectivity index (χ0) is 6.97. The Hall–Kier alpha value is -1.45. The van der Waals surface area contributed by atoms with Gasteiger partial charge in [-0.25, -0.2) is 4.63 Å². The Kier molecular flexibility index (Phi) is 0.943. The van der Waals surface area contributed by atoms with Crippen LogP contribution in [0.2, 0.25) is 0 Å². The molecule has 0 saturated heterocycles. The number of rotatable bonds is 0. The third-order valence-electron chi connectivity index (χ3n) is 1.38. The van der Waals surface area contributed by atoms with E-state index in [0.29, 0.717) is 0 Å². The largest absolute Gasteiger partial charge is 0.258 e. The molecule has 0 unspecified atom stereocenters. The zero-order valence-corrected chi connectivity index (χ0v) is 5.40. The minimum absolute atomic E-state index is 0.787. The summed E-state index contributed by atoms with van der Waals surface area (Å²) in [4.78, 5) is 4.03. The van der Waals surface area contributed by atoms with E-state index in [0.717, 1.165) is 17.0 Å². The van der Waals surface area contributed by atoms with Crippen LogP contribution in [0.4, 0.5) is 0 Å². The first kappa shape index (κ1) is 5.34. The van der Waals surface area contributed by atoms with Crippen molar-refractivity contribution in [3.05, 3.63) is 18.1 Å². The van der Waals surface area contributed by atoms with Crippen molar-refractivity contribution in [3.63, 3.8) is 0 Å². The smallest absolute Gasteiger partial charge is 0.137 e. The molecule has 0 aliphatic carbocycles. The van der Waals surface area contributed by atoms with Crippen LogP contribution in [0.25, 0.3) is 11.3 Å². The lowest BCUT2D eigenvalue weighted by atomic mass is 10.2. The highest BCUT2D eigenvalue weighted by molar-refractivity contribution is 5.60. The monoisotopic (exact) mass is 135 g/mol. The Morgan fingerprint density at radius 2 is 2.30 bits per heavy atom. The molecule has 2 heterocycles. The molecule has 0 amide bonds. The van der Waals surface area contributed by atoms with Gasteiger partial charge in [0.25, 0.3) is 0 Å². The van der Waals surface area contributed by atoms with Crippen molar-refractivity contribution in [2.75, 3.05) is 0 Å². The number of fused-ring (bicyclic) bond motifs is 1. The summed E-state index contributed by atoms with van der Waals surface area (Å²) >= 11 is 0. The molecule has 0 aromatic rings. The summed E-state index contributed by atoms with van der Waals surface area (Å²) in [6.07, 6.45) is 3.32. The summed E-state index contributed by atoms with van der Waals surface area (Å²) in [6, 6.07) is 0. The van der Waals surface area contributed by atoms with Crippen molar-refractivity contribution < 1.29 is 4.63 Å². The average Bonchev–Trinajstić information content (AvgIpc) is 2.34. The summed E-state index contributed by atoms with van der Waals surface area (Å²) in [6.45, 7) is 1.88. The van der Waals surface area contributed by atoms with Gasteiger partial charge in [-0.15, -0.1) is 0 Å². The molecule has 0 bridgehead atoms. The standard InChI is InChI=1S/C6H5N3O/c1-4-6-5(2-7-4)3-8-10-9-6/h2-3H,1H3. The molecule has 10 heavy (non-hydrogen) atoms. The first-order valence-corrected chi connectivity index (χ1v) is 2.91. The normalized spacial score (nSPS) is 10.5. The van der Waals surface area contributed by atoms with E-state index in [1.807, 2.05) is 6.92 Å². The van der Waals surface area contributed by atoms with E-state index in [2.05, 4.69) is 19.9 Å². The Morgan fingerprint density at radius 1 is 1.40 bits per heavy atom. The van der Waals surface area contributed by atoms with Crippen LogP contribution in [0.3, 0.4) is 0 Å². The summed E-state index contributed by atoms with van der Waals surface area (Å²) in [5.74, 6) is 0. The molecule has 2 aliphatic heterocycles. The molecule has 4 nitrogen and oxygen atoms in total. The van der Waals surface area contributed by atoms with Gasteiger partial charge in [0.15, 0.2) is 0 Å². The molecule has 0 atom stereocenters. The predicted octanol–water partition coefficient (Wildman–Crippen LogP) is 0.878. The van der Waals surface area contributed by atoms with Crippen molar-refractivity contribution in [2.45, 2.75) is 6.92 Å². The van der Waals surface area contributed by atoms with Crippen molar-refractivity contribution in [3.8, 4) is 11.3 Å². The van der Waals surface area contributed by atoms with Crippen LogP contribution >= 0.6 is 0 Å². The molecule has 0 aromatic heterocycles. The van der Waals surface area contributed by atoms with Gasteiger partial charge < -0.3 is 0 Å². The van der Waals surface area contributed by atoms with Gasteiger partial charge in [-0.3, -0.25) is 4.98 Å². The molecule has 0 radical (unpaired) electrons. The topological polar surface area (TPSA) is 51.8 Å². The molecule has 2 rings (SSSR count). The average molecular weight is 135 g/mol. The second kappa shape index (κ2) is 1.76. The molecule has 0 aromatic carbocycles. The fourth-order valence-corrected chi connectivity index (χ4v) is 0.856. The van der Waals surface area contributed by atoms with E-state index < -0.39 is 0 Å². The van der Waals surface area contributed by atoms with Crippen LogP contribution in [0.1, 0.15) is 5.69 Å². The van der Waals surface area contributed by atoms with Gasteiger partial charge in [0.2, 0.25) is 0 Å². The second-order valence-electron chi connectivity index (χ2n) is 2.06. The van der Waals surface area contributed by atoms with Crippen LogP contribution < -0.4 is 0 Å². The highest BCUT2D eigenvalue weighted by atomic mass is 16.6. The SMILES string of the molecule is Cc1ncc2cnonc1-2. The Morgan fingerprint density at radius 3 is 3.10 bits per heavy atom. The van der Waals surface area contributed by atoms with E-state index in [4.69, 9.17) is 0 Å². The summed E-state index contributed by atoms with van der Waals surface area (Å²) in [5, 5.41) is 7.19. The highest BCUT2D eigenvalue weighted by Gasteiger charge is 2.08. The van der Waals surface area contributed by atoms with E-state index in [1.165, 1.54) is 0 Å². The number of nitrogens with zero attached hydrogens (tertiary/aromatic N) is 3. The third kappa shape index (κ3) is 0.586. The Labute approximate surface area is 57.2 Å². The Bertz CT molecular complexity index is 317. The molecule has 4 heteroatoms. The van der Waals surface area contributed by atoms with Gasteiger partial charge in [-0.1, -0.05) is 5.16 Å². The summed E-state index contributed by atoms with van der Waals surface area (Å²) < 4.78 is 4.49. The molecule has 0 fully saturated rings.